The number of rotatable bonds is 4. The van der Waals surface area contributed by atoms with E-state index in [1.54, 1.807) is 7.05 Å². The maximum Gasteiger partial charge on any atom is 0.0925 e. The van der Waals surface area contributed by atoms with Crippen molar-refractivity contribution >= 4 is 22.8 Å². The van der Waals surface area contributed by atoms with E-state index in [1.807, 2.05) is 12.4 Å². The lowest BCUT2D eigenvalue weighted by Gasteiger charge is -2.23. The van der Waals surface area contributed by atoms with Crippen LogP contribution < -0.4 is 11.1 Å². The van der Waals surface area contributed by atoms with E-state index in [0.717, 1.165) is 53.9 Å². The van der Waals surface area contributed by atoms with E-state index in [4.69, 9.17) is 10.7 Å². The van der Waals surface area contributed by atoms with Gasteiger partial charge in [0.15, 0.2) is 0 Å². The normalized spacial score (nSPS) is 20.2. The van der Waals surface area contributed by atoms with Gasteiger partial charge in [-0.2, -0.15) is 0 Å². The van der Waals surface area contributed by atoms with E-state index in [9.17, 15) is 0 Å². The van der Waals surface area contributed by atoms with Gasteiger partial charge in [-0.25, -0.2) is 4.98 Å². The molecular formula is C20H25N5. The first-order chi connectivity index (χ1) is 12.3. The Balaban J connectivity index is 1.73. The molecule has 25 heavy (non-hydrogen) atoms. The Kier molecular flexibility index (Phi) is 4.49. The van der Waals surface area contributed by atoms with E-state index >= 15 is 0 Å². The maximum absolute atomic E-state index is 6.35. The second-order valence-corrected chi connectivity index (χ2v) is 7.06. The molecule has 1 aliphatic carbocycles. The predicted octanol–water partition coefficient (Wildman–Crippen LogP) is 2.88. The molecule has 0 bridgehead atoms. The van der Waals surface area contributed by atoms with Crippen molar-refractivity contribution in [3.8, 4) is 0 Å². The first-order valence-corrected chi connectivity index (χ1v) is 9.16. The first-order valence-electron chi connectivity index (χ1n) is 9.16. The Hall–Kier alpha value is -2.27. The van der Waals surface area contributed by atoms with Crippen LogP contribution in [0.15, 0.2) is 35.1 Å². The van der Waals surface area contributed by atoms with Crippen LogP contribution in [0.5, 0.6) is 0 Å². The maximum atomic E-state index is 6.35. The smallest absolute Gasteiger partial charge is 0.0925 e. The Labute approximate surface area is 148 Å². The van der Waals surface area contributed by atoms with Gasteiger partial charge >= 0.3 is 0 Å². The Morgan fingerprint density at radius 3 is 2.72 bits per heavy atom. The molecular weight excluding hydrogens is 310 g/mol. The minimum Gasteiger partial charge on any atom is -0.401 e. The van der Waals surface area contributed by atoms with Crippen LogP contribution in [0, 0.1) is 5.92 Å². The van der Waals surface area contributed by atoms with Crippen molar-refractivity contribution in [2.45, 2.75) is 31.6 Å². The molecule has 5 heteroatoms. The molecule has 3 N–H and O–H groups in total. The topological polar surface area (TPSA) is 76.2 Å². The molecule has 130 valence electrons. The van der Waals surface area contributed by atoms with Gasteiger partial charge in [0.05, 0.1) is 22.9 Å². The minimum absolute atomic E-state index is 0.478. The van der Waals surface area contributed by atoms with Crippen molar-refractivity contribution in [2.75, 3.05) is 20.1 Å². The monoisotopic (exact) mass is 335 g/mol. The number of nitrogens with one attached hydrogen (secondary N) is 1. The highest BCUT2D eigenvalue weighted by Crippen LogP contribution is 2.37. The Bertz CT molecular complexity index is 829. The Morgan fingerprint density at radius 2 is 2.00 bits per heavy atom. The van der Waals surface area contributed by atoms with Crippen LogP contribution in [0.1, 0.15) is 42.9 Å². The zero-order chi connectivity index (χ0) is 17.2. The van der Waals surface area contributed by atoms with E-state index < -0.39 is 0 Å². The highest BCUT2D eigenvalue weighted by Gasteiger charge is 2.27. The number of hydrogen-bond donors (Lipinski definition) is 2. The van der Waals surface area contributed by atoms with E-state index in [2.05, 4.69) is 33.5 Å². The molecule has 0 unspecified atom stereocenters. The summed E-state index contributed by atoms with van der Waals surface area (Å²) in [4.78, 5) is 13.7. The first kappa shape index (κ1) is 16.2. The highest BCUT2D eigenvalue weighted by molar-refractivity contribution is 6.10. The third-order valence-electron chi connectivity index (χ3n) is 5.24. The Morgan fingerprint density at radius 1 is 1.20 bits per heavy atom. The number of fused-ring (bicyclic) bond motifs is 1. The van der Waals surface area contributed by atoms with Crippen LogP contribution >= 0.6 is 0 Å². The number of aliphatic imine (C=N–C) groups is 1. The van der Waals surface area contributed by atoms with E-state index in [-0.39, 0.29) is 0 Å². The van der Waals surface area contributed by atoms with E-state index in [1.165, 1.54) is 18.4 Å². The van der Waals surface area contributed by atoms with Crippen LogP contribution in [0.2, 0.25) is 0 Å². The summed E-state index contributed by atoms with van der Waals surface area (Å²) in [5.74, 6) is 1.09. The fourth-order valence-corrected chi connectivity index (χ4v) is 3.60. The third-order valence-corrected chi connectivity index (χ3v) is 5.24. The fourth-order valence-electron chi connectivity index (χ4n) is 3.60. The number of piperidine rings is 1. The second kappa shape index (κ2) is 6.92. The molecule has 1 saturated heterocycles. The number of aromatic nitrogens is 2. The summed E-state index contributed by atoms with van der Waals surface area (Å²) >= 11 is 0. The lowest BCUT2D eigenvalue weighted by atomic mass is 9.90. The molecule has 1 aromatic carbocycles. The van der Waals surface area contributed by atoms with E-state index in [0.29, 0.717) is 11.8 Å². The van der Waals surface area contributed by atoms with Crippen molar-refractivity contribution in [2.24, 2.45) is 16.6 Å². The quantitative estimate of drug-likeness (QED) is 0.842. The van der Waals surface area contributed by atoms with Crippen LogP contribution in [-0.4, -0.2) is 36.3 Å². The molecule has 2 aliphatic rings. The fraction of sp³-hybridized carbons (Fsp3) is 0.450. The molecule has 1 aromatic heterocycles. The summed E-state index contributed by atoms with van der Waals surface area (Å²) in [5, 5.41) is 3.43. The molecule has 2 heterocycles. The van der Waals surface area contributed by atoms with Crippen molar-refractivity contribution in [1.29, 1.82) is 0 Å². The molecule has 0 radical (unpaired) electrons. The molecule has 2 aromatic rings. The summed E-state index contributed by atoms with van der Waals surface area (Å²) in [6.45, 7) is 2.18. The van der Waals surface area contributed by atoms with Gasteiger partial charge in [0.25, 0.3) is 0 Å². The highest BCUT2D eigenvalue weighted by atomic mass is 14.9. The van der Waals surface area contributed by atoms with Crippen molar-refractivity contribution in [1.82, 2.24) is 15.3 Å². The van der Waals surface area contributed by atoms with Gasteiger partial charge in [0.1, 0.15) is 0 Å². The lowest BCUT2D eigenvalue weighted by molar-refractivity contribution is 0.460. The SMILES string of the molecule is CN=CC(=C(N)C1CC1)c1cnc2ccc(C3CCNCC3)cc2n1. The molecule has 0 amide bonds. The average molecular weight is 335 g/mol. The third kappa shape index (κ3) is 3.42. The summed E-state index contributed by atoms with van der Waals surface area (Å²) in [6, 6.07) is 6.50. The van der Waals surface area contributed by atoms with Gasteiger partial charge < -0.3 is 11.1 Å². The average Bonchev–Trinajstić information content (AvgIpc) is 3.51. The summed E-state index contributed by atoms with van der Waals surface area (Å²) in [6.07, 6.45) is 8.32. The molecule has 1 saturated carbocycles. The van der Waals surface area contributed by atoms with Crippen LogP contribution in [-0.2, 0) is 0 Å². The van der Waals surface area contributed by atoms with Crippen LogP contribution in [0.4, 0.5) is 0 Å². The molecule has 0 atom stereocenters. The summed E-state index contributed by atoms with van der Waals surface area (Å²) in [7, 11) is 1.77. The standard InChI is InChI=1S/C20H25N5/c1-22-11-16(20(21)14-2-3-14)19-12-24-17-5-4-15(10-18(17)25-19)13-6-8-23-9-7-13/h4-5,10-14,23H,2-3,6-9,21H2,1H3. The van der Waals surface area contributed by atoms with Gasteiger partial charge in [-0.1, -0.05) is 6.07 Å². The van der Waals surface area contributed by atoms with Gasteiger partial charge in [-0.3, -0.25) is 9.98 Å². The van der Waals surface area contributed by atoms with Crippen molar-refractivity contribution in [3.63, 3.8) is 0 Å². The number of hydrogen-bond acceptors (Lipinski definition) is 5. The summed E-state index contributed by atoms with van der Waals surface area (Å²) in [5.41, 5.74) is 12.2. The number of benzene rings is 1. The molecule has 2 fully saturated rings. The number of allylic oxidation sites excluding steroid dienone is 2. The van der Waals surface area contributed by atoms with Crippen LogP contribution in [0.3, 0.4) is 0 Å². The molecule has 4 rings (SSSR count). The minimum atomic E-state index is 0.478. The zero-order valence-electron chi connectivity index (χ0n) is 14.7. The van der Waals surface area contributed by atoms with Crippen molar-refractivity contribution < 1.29 is 0 Å². The van der Waals surface area contributed by atoms with Gasteiger partial charge in [-0.15, -0.1) is 0 Å². The second-order valence-electron chi connectivity index (χ2n) is 7.06. The van der Waals surface area contributed by atoms with Gasteiger partial charge in [0.2, 0.25) is 0 Å². The lowest BCUT2D eigenvalue weighted by Crippen LogP contribution is -2.26. The van der Waals surface area contributed by atoms with Gasteiger partial charge in [0, 0.05) is 24.5 Å². The molecule has 1 aliphatic heterocycles. The number of nitrogens with two attached hydrogens (primary N) is 1. The zero-order valence-corrected chi connectivity index (χ0v) is 14.7. The van der Waals surface area contributed by atoms with Crippen molar-refractivity contribution in [3.05, 3.63) is 41.4 Å². The molecule has 0 spiro atoms. The molecule has 5 nitrogen and oxygen atoms in total. The largest absolute Gasteiger partial charge is 0.401 e. The number of nitrogens with zero attached hydrogens (tertiary/aromatic N) is 3. The van der Waals surface area contributed by atoms with Crippen LogP contribution in [0.25, 0.3) is 16.6 Å². The predicted molar refractivity (Wildman–Crippen MR) is 103 cm³/mol. The summed E-state index contributed by atoms with van der Waals surface area (Å²) < 4.78 is 0. The van der Waals surface area contributed by atoms with Gasteiger partial charge in [-0.05, 0) is 68.3 Å².